The molecule has 0 atom stereocenters. The van der Waals surface area contributed by atoms with Crippen LogP contribution in [0.5, 0.6) is 0 Å². The van der Waals surface area contributed by atoms with Gasteiger partial charge < -0.3 is 0 Å². The van der Waals surface area contributed by atoms with E-state index in [9.17, 15) is 0 Å². The van der Waals surface area contributed by atoms with E-state index >= 15 is 0 Å². The molecule has 0 aliphatic heterocycles. The topological polar surface area (TPSA) is 77.3 Å². The zero-order valence-electron chi connectivity index (χ0n) is 10.5. The van der Waals surface area contributed by atoms with Gasteiger partial charge in [-0.1, -0.05) is 12.1 Å². The van der Waals surface area contributed by atoms with Gasteiger partial charge in [0.2, 0.25) is 0 Å². The molecule has 6 nitrogen and oxygen atoms in total. The number of rotatable bonds is 0. The Morgan fingerprint density at radius 2 is 1.50 bits per heavy atom. The van der Waals surface area contributed by atoms with Crippen LogP contribution in [0.15, 0.2) is 61.3 Å². The summed E-state index contributed by atoms with van der Waals surface area (Å²) in [7, 11) is 0. The van der Waals surface area contributed by atoms with E-state index in [1.54, 1.807) is 18.6 Å². The van der Waals surface area contributed by atoms with Gasteiger partial charge in [-0.25, -0.2) is 4.98 Å². The molecule has 0 aliphatic carbocycles. The van der Waals surface area contributed by atoms with Crippen LogP contribution >= 0.6 is 0 Å². The smallest absolute Gasteiger partial charge is 0.138 e. The second-order valence-corrected chi connectivity index (χ2v) is 3.92. The van der Waals surface area contributed by atoms with E-state index < -0.39 is 0 Å². The minimum Gasteiger partial charge on any atom is -0.255 e. The number of aromatic nitrogens is 6. The molecule has 0 radical (unpaired) electrons. The molecular weight excluding hydrogens is 252 g/mol. The summed E-state index contributed by atoms with van der Waals surface area (Å²) in [5, 5.41) is 16.0. The number of nitrogens with zero attached hydrogens (tertiary/aromatic N) is 6. The SMILES string of the molecule is c1ccc2nncnc2c1.c1cnc2cnncc2c1. The molecule has 96 valence electrons. The number of hydrogen-bond donors (Lipinski definition) is 0. The Morgan fingerprint density at radius 1 is 0.650 bits per heavy atom. The van der Waals surface area contributed by atoms with Crippen LogP contribution in [0.2, 0.25) is 0 Å². The molecule has 0 saturated carbocycles. The van der Waals surface area contributed by atoms with Crippen LogP contribution in [0, 0.1) is 0 Å². The van der Waals surface area contributed by atoms with Gasteiger partial charge in [0.25, 0.3) is 0 Å². The van der Waals surface area contributed by atoms with Gasteiger partial charge in [-0.05, 0) is 24.3 Å². The number of pyridine rings is 1. The van der Waals surface area contributed by atoms with Crippen molar-refractivity contribution in [3.05, 3.63) is 61.3 Å². The molecular formula is C14H10N6. The predicted molar refractivity (Wildman–Crippen MR) is 74.7 cm³/mol. The summed E-state index contributed by atoms with van der Waals surface area (Å²) in [6.07, 6.45) is 6.53. The second-order valence-electron chi connectivity index (χ2n) is 3.92. The van der Waals surface area contributed by atoms with Crippen molar-refractivity contribution in [2.75, 3.05) is 0 Å². The number of hydrogen-bond acceptors (Lipinski definition) is 6. The van der Waals surface area contributed by atoms with Gasteiger partial charge in [0.05, 0.1) is 23.4 Å². The van der Waals surface area contributed by atoms with E-state index in [1.165, 1.54) is 6.33 Å². The fourth-order valence-electron chi connectivity index (χ4n) is 1.66. The molecule has 20 heavy (non-hydrogen) atoms. The highest BCUT2D eigenvalue weighted by Gasteiger charge is 1.90. The minimum absolute atomic E-state index is 0.838. The Labute approximate surface area is 114 Å². The van der Waals surface area contributed by atoms with Crippen LogP contribution in [0.3, 0.4) is 0 Å². The lowest BCUT2D eigenvalue weighted by Crippen LogP contribution is -1.84. The fourth-order valence-corrected chi connectivity index (χ4v) is 1.66. The van der Waals surface area contributed by atoms with Crippen molar-refractivity contribution >= 4 is 21.9 Å². The molecule has 0 unspecified atom stereocenters. The fraction of sp³-hybridized carbons (Fsp3) is 0. The number of para-hydroxylation sites is 1. The average Bonchev–Trinajstić information content (AvgIpc) is 2.56. The van der Waals surface area contributed by atoms with E-state index in [4.69, 9.17) is 0 Å². The Morgan fingerprint density at radius 3 is 2.35 bits per heavy atom. The molecule has 0 N–H and O–H groups in total. The van der Waals surface area contributed by atoms with E-state index in [1.807, 2.05) is 36.4 Å². The Balaban J connectivity index is 0.000000121. The quantitative estimate of drug-likeness (QED) is 0.482. The van der Waals surface area contributed by atoms with Gasteiger partial charge in [-0.3, -0.25) is 4.98 Å². The normalized spacial score (nSPS) is 10.0. The van der Waals surface area contributed by atoms with Crippen molar-refractivity contribution in [3.63, 3.8) is 0 Å². The molecule has 0 fully saturated rings. The highest BCUT2D eigenvalue weighted by molar-refractivity contribution is 5.75. The summed E-state index contributed by atoms with van der Waals surface area (Å²) in [6.45, 7) is 0. The molecule has 0 spiro atoms. The third-order valence-corrected chi connectivity index (χ3v) is 2.61. The average molecular weight is 262 g/mol. The first-order valence-corrected chi connectivity index (χ1v) is 5.97. The standard InChI is InChI=1S/2C7H5N3/c1-2-6-4-9-10-5-7(6)8-3-1;1-2-4-7-6(3-1)8-5-9-10-7/h2*1-5H. The molecule has 1 aromatic carbocycles. The second kappa shape index (κ2) is 5.75. The van der Waals surface area contributed by atoms with Crippen molar-refractivity contribution in [2.24, 2.45) is 0 Å². The van der Waals surface area contributed by atoms with Crippen molar-refractivity contribution in [1.29, 1.82) is 0 Å². The van der Waals surface area contributed by atoms with E-state index in [0.717, 1.165) is 21.9 Å². The molecule has 3 heterocycles. The zero-order valence-corrected chi connectivity index (χ0v) is 10.5. The van der Waals surface area contributed by atoms with Crippen LogP contribution in [0.1, 0.15) is 0 Å². The van der Waals surface area contributed by atoms with Crippen molar-refractivity contribution in [3.8, 4) is 0 Å². The maximum atomic E-state index is 4.08. The first-order valence-electron chi connectivity index (χ1n) is 5.97. The number of benzene rings is 1. The third kappa shape index (κ3) is 2.69. The molecule has 3 aromatic heterocycles. The molecule has 0 saturated heterocycles. The van der Waals surface area contributed by atoms with Crippen LogP contribution < -0.4 is 0 Å². The van der Waals surface area contributed by atoms with Gasteiger partial charge in [-0.2, -0.15) is 10.2 Å². The number of fused-ring (bicyclic) bond motifs is 2. The molecule has 0 amide bonds. The largest absolute Gasteiger partial charge is 0.255 e. The van der Waals surface area contributed by atoms with Gasteiger partial charge in [0, 0.05) is 11.6 Å². The zero-order chi connectivity index (χ0) is 13.6. The Bertz CT molecular complexity index is 631. The van der Waals surface area contributed by atoms with Crippen LogP contribution in [-0.2, 0) is 0 Å². The lowest BCUT2D eigenvalue weighted by Gasteiger charge is -1.89. The third-order valence-electron chi connectivity index (χ3n) is 2.61. The van der Waals surface area contributed by atoms with Gasteiger partial charge >= 0.3 is 0 Å². The van der Waals surface area contributed by atoms with Crippen LogP contribution in [0.4, 0.5) is 0 Å². The van der Waals surface area contributed by atoms with Gasteiger partial charge in [0.1, 0.15) is 11.8 Å². The maximum Gasteiger partial charge on any atom is 0.138 e. The molecule has 6 heteroatoms. The lowest BCUT2D eigenvalue weighted by atomic mass is 10.3. The monoisotopic (exact) mass is 262 g/mol. The minimum atomic E-state index is 0.838. The van der Waals surface area contributed by atoms with Crippen molar-refractivity contribution < 1.29 is 0 Å². The first-order chi connectivity index (χ1) is 9.93. The summed E-state index contributed by atoms with van der Waals surface area (Å²) in [4.78, 5) is 8.09. The molecule has 0 bridgehead atoms. The summed E-state index contributed by atoms with van der Waals surface area (Å²) in [6, 6.07) is 11.5. The van der Waals surface area contributed by atoms with Crippen LogP contribution in [-0.4, -0.2) is 30.4 Å². The summed E-state index contributed by atoms with van der Waals surface area (Å²) in [5.41, 5.74) is 2.61. The highest BCUT2D eigenvalue weighted by atomic mass is 15.1. The first kappa shape index (κ1) is 12.0. The van der Waals surface area contributed by atoms with Crippen molar-refractivity contribution in [2.45, 2.75) is 0 Å². The lowest BCUT2D eigenvalue weighted by molar-refractivity contribution is 1.02. The van der Waals surface area contributed by atoms with Crippen molar-refractivity contribution in [1.82, 2.24) is 30.4 Å². The Kier molecular flexibility index (Phi) is 3.46. The van der Waals surface area contributed by atoms with E-state index in [-0.39, 0.29) is 0 Å². The van der Waals surface area contributed by atoms with Gasteiger partial charge in [0.15, 0.2) is 0 Å². The van der Waals surface area contributed by atoms with Crippen LogP contribution in [0.25, 0.3) is 21.9 Å². The molecule has 0 aliphatic rings. The summed E-state index contributed by atoms with van der Waals surface area (Å²) >= 11 is 0. The highest BCUT2D eigenvalue weighted by Crippen LogP contribution is 2.04. The predicted octanol–water partition coefficient (Wildman–Crippen LogP) is 2.05. The van der Waals surface area contributed by atoms with E-state index in [0.29, 0.717) is 0 Å². The Hall–Kier alpha value is -3.02. The maximum absolute atomic E-state index is 4.08. The molecule has 4 rings (SSSR count). The summed E-state index contributed by atoms with van der Waals surface area (Å²) in [5.74, 6) is 0. The summed E-state index contributed by atoms with van der Waals surface area (Å²) < 4.78 is 0. The molecule has 4 aromatic rings. The van der Waals surface area contributed by atoms with Gasteiger partial charge in [-0.15, -0.1) is 10.2 Å². The van der Waals surface area contributed by atoms with E-state index in [2.05, 4.69) is 30.4 Å².